The molecule has 0 spiro atoms. The Hall–Kier alpha value is -1.62. The van der Waals surface area contributed by atoms with Crippen molar-refractivity contribution in [2.75, 3.05) is 0 Å². The summed E-state index contributed by atoms with van der Waals surface area (Å²) in [7, 11) is 0. The van der Waals surface area contributed by atoms with Crippen LogP contribution in [0.2, 0.25) is 0 Å². The van der Waals surface area contributed by atoms with E-state index in [0.29, 0.717) is 12.8 Å². The lowest BCUT2D eigenvalue weighted by Gasteiger charge is -2.33. The predicted molar refractivity (Wildman–Crippen MR) is 51.9 cm³/mol. The zero-order valence-electron chi connectivity index (χ0n) is 7.96. The maximum atomic E-state index is 11.7. The van der Waals surface area contributed by atoms with Crippen LogP contribution in [0.1, 0.15) is 29.2 Å². The first kappa shape index (κ1) is 9.92. The first-order chi connectivity index (χ1) is 7.11. The van der Waals surface area contributed by atoms with Crippen molar-refractivity contribution in [1.29, 1.82) is 0 Å². The molecule has 1 aromatic heterocycles. The molecule has 0 aliphatic heterocycles. The molecular formula is C10H11NO4. The topological polar surface area (TPSA) is 79.5 Å². The third-order valence-electron chi connectivity index (χ3n) is 2.76. The highest BCUT2D eigenvalue weighted by Gasteiger charge is 2.31. The molecular weight excluding hydrogens is 198 g/mol. The molecule has 0 radical (unpaired) electrons. The number of carboxylic acid groups (broad SMARTS) is 1. The van der Waals surface area contributed by atoms with E-state index in [-0.39, 0.29) is 11.6 Å². The van der Waals surface area contributed by atoms with Crippen molar-refractivity contribution in [3.63, 3.8) is 0 Å². The summed E-state index contributed by atoms with van der Waals surface area (Å²) in [5, 5.41) is 18.2. The van der Waals surface area contributed by atoms with Gasteiger partial charge in [-0.2, -0.15) is 0 Å². The number of hydrogen-bond acceptors (Lipinski definition) is 3. The van der Waals surface area contributed by atoms with Crippen LogP contribution in [0.3, 0.4) is 0 Å². The summed E-state index contributed by atoms with van der Waals surface area (Å²) in [6, 6.07) is 2.51. The Kier molecular flexibility index (Phi) is 2.32. The highest BCUT2D eigenvalue weighted by Crippen LogP contribution is 2.30. The number of carbonyl (C=O) groups is 1. The van der Waals surface area contributed by atoms with E-state index in [4.69, 9.17) is 5.11 Å². The quantitative estimate of drug-likeness (QED) is 0.731. The summed E-state index contributed by atoms with van der Waals surface area (Å²) in [6.45, 7) is 0. The summed E-state index contributed by atoms with van der Waals surface area (Å²) in [5.41, 5.74) is -0.801. The minimum absolute atomic E-state index is 0.253. The summed E-state index contributed by atoms with van der Waals surface area (Å²) in [4.78, 5) is 22.4. The van der Waals surface area contributed by atoms with Crippen molar-refractivity contribution in [2.24, 2.45) is 0 Å². The first-order valence-corrected chi connectivity index (χ1v) is 4.74. The zero-order valence-corrected chi connectivity index (χ0v) is 7.96. The van der Waals surface area contributed by atoms with Crippen LogP contribution < -0.4 is 5.56 Å². The molecule has 5 heteroatoms. The molecule has 0 saturated heterocycles. The average molecular weight is 209 g/mol. The lowest BCUT2D eigenvalue weighted by molar-refractivity contribution is 0.0294. The van der Waals surface area contributed by atoms with E-state index >= 15 is 0 Å². The molecule has 80 valence electrons. The number of carboxylic acids is 1. The normalized spacial score (nSPS) is 24.6. The van der Waals surface area contributed by atoms with E-state index < -0.39 is 17.6 Å². The van der Waals surface area contributed by atoms with Crippen LogP contribution in [0.5, 0.6) is 0 Å². The molecule has 2 unspecified atom stereocenters. The molecule has 1 saturated carbocycles. The molecule has 1 heterocycles. The Morgan fingerprint density at radius 1 is 1.47 bits per heavy atom. The van der Waals surface area contributed by atoms with Crippen LogP contribution in [0.4, 0.5) is 0 Å². The number of aromatic carboxylic acids is 1. The molecule has 2 atom stereocenters. The standard InChI is InChI=1S/C10H11NO4/c12-8-4-3-7(8)11-5-1-2-6(9(11)13)10(14)15/h1-2,5,7-8,12H,3-4H2,(H,14,15). The summed E-state index contributed by atoms with van der Waals surface area (Å²) in [5.74, 6) is -1.23. The molecule has 2 N–H and O–H groups in total. The SMILES string of the molecule is O=C(O)c1cccn(C2CCC2O)c1=O. The van der Waals surface area contributed by atoms with E-state index in [9.17, 15) is 14.7 Å². The molecule has 0 aromatic carbocycles. The number of rotatable bonds is 2. The monoisotopic (exact) mass is 209 g/mol. The molecule has 1 fully saturated rings. The fourth-order valence-electron chi connectivity index (χ4n) is 1.72. The van der Waals surface area contributed by atoms with E-state index in [1.807, 2.05) is 0 Å². The van der Waals surface area contributed by atoms with Gasteiger partial charge in [0.15, 0.2) is 0 Å². The molecule has 1 aliphatic rings. The van der Waals surface area contributed by atoms with Gasteiger partial charge in [0.1, 0.15) is 5.56 Å². The van der Waals surface area contributed by atoms with Gasteiger partial charge in [-0.1, -0.05) is 0 Å². The maximum absolute atomic E-state index is 11.7. The third-order valence-corrected chi connectivity index (χ3v) is 2.76. The number of aromatic nitrogens is 1. The molecule has 0 bridgehead atoms. The van der Waals surface area contributed by atoms with Crippen molar-refractivity contribution < 1.29 is 15.0 Å². The minimum atomic E-state index is -1.23. The van der Waals surface area contributed by atoms with Gasteiger partial charge in [-0.25, -0.2) is 4.79 Å². The fourth-order valence-corrected chi connectivity index (χ4v) is 1.72. The van der Waals surface area contributed by atoms with Crippen LogP contribution >= 0.6 is 0 Å². The summed E-state index contributed by atoms with van der Waals surface area (Å²) >= 11 is 0. The molecule has 1 aromatic rings. The van der Waals surface area contributed by atoms with Gasteiger partial charge in [0.05, 0.1) is 12.1 Å². The van der Waals surface area contributed by atoms with Crippen molar-refractivity contribution in [3.05, 3.63) is 34.2 Å². The van der Waals surface area contributed by atoms with E-state index in [1.165, 1.54) is 22.9 Å². The van der Waals surface area contributed by atoms with Crippen molar-refractivity contribution in [2.45, 2.75) is 25.0 Å². The first-order valence-electron chi connectivity index (χ1n) is 4.74. The minimum Gasteiger partial charge on any atom is -0.477 e. The molecule has 15 heavy (non-hydrogen) atoms. The van der Waals surface area contributed by atoms with Gasteiger partial charge in [-0.15, -0.1) is 0 Å². The largest absolute Gasteiger partial charge is 0.477 e. The number of aliphatic hydroxyl groups is 1. The van der Waals surface area contributed by atoms with E-state index in [0.717, 1.165) is 0 Å². The van der Waals surface area contributed by atoms with Crippen LogP contribution in [0.15, 0.2) is 23.1 Å². The number of aliphatic hydroxyl groups excluding tert-OH is 1. The maximum Gasteiger partial charge on any atom is 0.341 e. The second kappa shape index (κ2) is 3.51. The Morgan fingerprint density at radius 2 is 2.20 bits per heavy atom. The van der Waals surface area contributed by atoms with Gasteiger partial charge >= 0.3 is 5.97 Å². The van der Waals surface area contributed by atoms with E-state index in [2.05, 4.69) is 0 Å². The number of nitrogens with zero attached hydrogens (tertiary/aromatic N) is 1. The van der Waals surface area contributed by atoms with Gasteiger partial charge in [-0.05, 0) is 25.0 Å². The van der Waals surface area contributed by atoms with Crippen molar-refractivity contribution in [1.82, 2.24) is 4.57 Å². The number of hydrogen-bond donors (Lipinski definition) is 2. The molecule has 2 rings (SSSR count). The molecule has 5 nitrogen and oxygen atoms in total. The van der Waals surface area contributed by atoms with Crippen LogP contribution in [0, 0.1) is 0 Å². The van der Waals surface area contributed by atoms with Crippen molar-refractivity contribution in [3.8, 4) is 0 Å². The average Bonchev–Trinajstić information content (AvgIpc) is 2.18. The fraction of sp³-hybridized carbons (Fsp3) is 0.400. The van der Waals surface area contributed by atoms with Gasteiger partial charge in [0, 0.05) is 6.20 Å². The molecule has 0 amide bonds. The second-order valence-electron chi connectivity index (χ2n) is 3.65. The number of pyridine rings is 1. The van der Waals surface area contributed by atoms with Crippen LogP contribution in [-0.4, -0.2) is 26.9 Å². The van der Waals surface area contributed by atoms with Gasteiger partial charge < -0.3 is 14.8 Å². The Bertz CT molecular complexity index is 451. The van der Waals surface area contributed by atoms with E-state index in [1.54, 1.807) is 0 Å². The smallest absolute Gasteiger partial charge is 0.341 e. The molecule has 1 aliphatic carbocycles. The highest BCUT2D eigenvalue weighted by atomic mass is 16.4. The Morgan fingerprint density at radius 3 is 2.67 bits per heavy atom. The van der Waals surface area contributed by atoms with Crippen LogP contribution in [0.25, 0.3) is 0 Å². The highest BCUT2D eigenvalue weighted by molar-refractivity contribution is 5.86. The second-order valence-corrected chi connectivity index (χ2v) is 3.65. The third kappa shape index (κ3) is 1.55. The Balaban J connectivity index is 2.45. The lowest BCUT2D eigenvalue weighted by atomic mass is 9.89. The summed E-state index contributed by atoms with van der Waals surface area (Å²) in [6.07, 6.45) is 2.35. The lowest BCUT2D eigenvalue weighted by Crippen LogP contribution is -2.40. The van der Waals surface area contributed by atoms with Gasteiger partial charge in [0.2, 0.25) is 0 Å². The van der Waals surface area contributed by atoms with Gasteiger partial charge in [-0.3, -0.25) is 4.79 Å². The summed E-state index contributed by atoms with van der Waals surface area (Å²) < 4.78 is 1.30. The van der Waals surface area contributed by atoms with Crippen LogP contribution in [-0.2, 0) is 0 Å². The Labute approximate surface area is 85.6 Å². The van der Waals surface area contributed by atoms with Gasteiger partial charge in [0.25, 0.3) is 5.56 Å². The van der Waals surface area contributed by atoms with Crippen molar-refractivity contribution >= 4 is 5.97 Å². The zero-order chi connectivity index (χ0) is 11.0. The predicted octanol–water partition coefficient (Wildman–Crippen LogP) is 0.242.